The Morgan fingerprint density at radius 1 is 1.47 bits per heavy atom. The topological polar surface area (TPSA) is 67.6 Å². The van der Waals surface area contributed by atoms with Crippen molar-refractivity contribution in [3.8, 4) is 5.75 Å². The summed E-state index contributed by atoms with van der Waals surface area (Å²) in [5, 5.41) is 2.85. The summed E-state index contributed by atoms with van der Waals surface area (Å²) in [4.78, 5) is 13.8. The van der Waals surface area contributed by atoms with E-state index >= 15 is 0 Å². The average Bonchev–Trinajstić information content (AvgIpc) is 2.39. The van der Waals surface area contributed by atoms with E-state index in [1.807, 2.05) is 30.0 Å². The molecule has 19 heavy (non-hydrogen) atoms. The molecule has 104 valence electrons. The number of anilines is 2. The standard InChI is InChI=1S/C14H21N3O2/c1-3-6-19-13-8-11(15)7-12(9-13)17-5-4-16-14(18)10(17)2/h7-10H,3-6,15H2,1-2H3,(H,16,18). The molecule has 0 bridgehead atoms. The number of nitrogen functional groups attached to an aromatic ring is 1. The molecule has 0 aromatic heterocycles. The molecule has 1 aliphatic rings. The zero-order valence-corrected chi connectivity index (χ0v) is 11.5. The van der Waals surface area contributed by atoms with Crippen LogP contribution in [0.25, 0.3) is 0 Å². The number of carbonyl (C=O) groups is 1. The van der Waals surface area contributed by atoms with Crippen molar-refractivity contribution < 1.29 is 9.53 Å². The molecule has 1 amide bonds. The van der Waals surface area contributed by atoms with Crippen molar-refractivity contribution >= 4 is 17.3 Å². The number of carbonyl (C=O) groups excluding carboxylic acids is 1. The molecule has 0 aliphatic carbocycles. The van der Waals surface area contributed by atoms with E-state index in [0.29, 0.717) is 18.8 Å². The number of benzene rings is 1. The van der Waals surface area contributed by atoms with Crippen LogP contribution in [0, 0.1) is 0 Å². The van der Waals surface area contributed by atoms with Crippen LogP contribution < -0.4 is 20.7 Å². The first kappa shape index (κ1) is 13.5. The summed E-state index contributed by atoms with van der Waals surface area (Å²) in [7, 11) is 0. The summed E-state index contributed by atoms with van der Waals surface area (Å²) in [5.74, 6) is 0.805. The smallest absolute Gasteiger partial charge is 0.242 e. The Morgan fingerprint density at radius 3 is 3.00 bits per heavy atom. The second-order valence-electron chi connectivity index (χ2n) is 4.77. The van der Waals surface area contributed by atoms with Crippen LogP contribution >= 0.6 is 0 Å². The molecule has 1 aromatic rings. The zero-order valence-electron chi connectivity index (χ0n) is 11.5. The molecule has 5 heteroatoms. The maximum absolute atomic E-state index is 11.7. The maximum Gasteiger partial charge on any atom is 0.242 e. The van der Waals surface area contributed by atoms with E-state index in [9.17, 15) is 4.79 Å². The SMILES string of the molecule is CCCOc1cc(N)cc(N2CCNC(=O)C2C)c1. The third-order valence-corrected chi connectivity index (χ3v) is 3.22. The van der Waals surface area contributed by atoms with Crippen LogP contribution in [-0.2, 0) is 4.79 Å². The van der Waals surface area contributed by atoms with Gasteiger partial charge in [0.15, 0.2) is 0 Å². The molecule has 5 nitrogen and oxygen atoms in total. The normalized spacial score (nSPS) is 19.2. The number of nitrogens with one attached hydrogen (secondary N) is 1. The molecule has 1 unspecified atom stereocenters. The van der Waals surface area contributed by atoms with Gasteiger partial charge < -0.3 is 20.7 Å². The highest BCUT2D eigenvalue weighted by Gasteiger charge is 2.25. The molecule has 0 saturated carbocycles. The predicted octanol–water partition coefficient (Wildman–Crippen LogP) is 1.38. The number of hydrogen-bond donors (Lipinski definition) is 2. The van der Waals surface area contributed by atoms with Gasteiger partial charge >= 0.3 is 0 Å². The van der Waals surface area contributed by atoms with Crippen LogP contribution in [0.3, 0.4) is 0 Å². The van der Waals surface area contributed by atoms with Crippen LogP contribution in [0.15, 0.2) is 18.2 Å². The third-order valence-electron chi connectivity index (χ3n) is 3.22. The minimum Gasteiger partial charge on any atom is -0.493 e. The Morgan fingerprint density at radius 2 is 2.26 bits per heavy atom. The van der Waals surface area contributed by atoms with Gasteiger partial charge in [0.05, 0.1) is 6.61 Å². The second-order valence-corrected chi connectivity index (χ2v) is 4.77. The van der Waals surface area contributed by atoms with Crippen LogP contribution in [0.5, 0.6) is 5.75 Å². The fourth-order valence-corrected chi connectivity index (χ4v) is 2.21. The fourth-order valence-electron chi connectivity index (χ4n) is 2.21. The highest BCUT2D eigenvalue weighted by molar-refractivity contribution is 5.86. The molecule has 1 saturated heterocycles. The Bertz CT molecular complexity index is 462. The molecule has 1 aliphatic heterocycles. The van der Waals surface area contributed by atoms with Gasteiger partial charge in [0, 0.05) is 36.6 Å². The van der Waals surface area contributed by atoms with Crippen LogP contribution in [0.4, 0.5) is 11.4 Å². The number of nitrogens with two attached hydrogens (primary N) is 1. The fraction of sp³-hybridized carbons (Fsp3) is 0.500. The molecule has 1 heterocycles. The molecular formula is C14H21N3O2. The summed E-state index contributed by atoms with van der Waals surface area (Å²) in [6.45, 7) is 6.06. The van der Waals surface area contributed by atoms with Gasteiger partial charge in [0.25, 0.3) is 0 Å². The minimum absolute atomic E-state index is 0.0460. The molecule has 1 atom stereocenters. The van der Waals surface area contributed by atoms with E-state index in [4.69, 9.17) is 10.5 Å². The van der Waals surface area contributed by atoms with Gasteiger partial charge in [0.1, 0.15) is 11.8 Å². The van der Waals surface area contributed by atoms with Crippen molar-refractivity contribution in [3.05, 3.63) is 18.2 Å². The number of amides is 1. The number of hydrogen-bond acceptors (Lipinski definition) is 4. The minimum atomic E-state index is -0.186. The summed E-state index contributed by atoms with van der Waals surface area (Å²) in [5.41, 5.74) is 7.50. The lowest BCUT2D eigenvalue weighted by Crippen LogP contribution is -2.54. The van der Waals surface area contributed by atoms with Gasteiger partial charge in [-0.15, -0.1) is 0 Å². The lowest BCUT2D eigenvalue weighted by atomic mass is 10.1. The average molecular weight is 263 g/mol. The lowest BCUT2D eigenvalue weighted by molar-refractivity contribution is -0.122. The molecule has 1 aromatic carbocycles. The van der Waals surface area contributed by atoms with Gasteiger partial charge in [-0.05, 0) is 19.4 Å². The van der Waals surface area contributed by atoms with E-state index in [1.54, 1.807) is 0 Å². The van der Waals surface area contributed by atoms with Crippen molar-refractivity contribution in [2.75, 3.05) is 30.3 Å². The second kappa shape index (κ2) is 5.82. The van der Waals surface area contributed by atoms with Crippen molar-refractivity contribution in [2.45, 2.75) is 26.3 Å². The van der Waals surface area contributed by atoms with Gasteiger partial charge in [-0.3, -0.25) is 4.79 Å². The number of rotatable bonds is 4. The first-order chi connectivity index (χ1) is 9.11. The summed E-state index contributed by atoms with van der Waals surface area (Å²) in [6.07, 6.45) is 0.951. The summed E-state index contributed by atoms with van der Waals surface area (Å²) in [6, 6.07) is 5.46. The number of nitrogens with zero attached hydrogens (tertiary/aromatic N) is 1. The Labute approximate surface area is 113 Å². The Kier molecular flexibility index (Phi) is 4.14. The van der Waals surface area contributed by atoms with Crippen LogP contribution in [0.1, 0.15) is 20.3 Å². The van der Waals surface area contributed by atoms with Crippen molar-refractivity contribution in [1.82, 2.24) is 5.32 Å². The molecule has 3 N–H and O–H groups in total. The lowest BCUT2D eigenvalue weighted by Gasteiger charge is -2.35. The molecular weight excluding hydrogens is 242 g/mol. The van der Waals surface area contributed by atoms with Crippen molar-refractivity contribution in [3.63, 3.8) is 0 Å². The Balaban J connectivity index is 2.23. The first-order valence-corrected chi connectivity index (χ1v) is 6.69. The van der Waals surface area contributed by atoms with Crippen LogP contribution in [0.2, 0.25) is 0 Å². The van der Waals surface area contributed by atoms with Crippen molar-refractivity contribution in [1.29, 1.82) is 0 Å². The quantitative estimate of drug-likeness (QED) is 0.805. The number of piperazine rings is 1. The zero-order chi connectivity index (χ0) is 13.8. The maximum atomic E-state index is 11.7. The van der Waals surface area contributed by atoms with Gasteiger partial charge in [-0.2, -0.15) is 0 Å². The first-order valence-electron chi connectivity index (χ1n) is 6.69. The van der Waals surface area contributed by atoms with E-state index in [-0.39, 0.29) is 11.9 Å². The van der Waals surface area contributed by atoms with E-state index in [2.05, 4.69) is 12.2 Å². The summed E-state index contributed by atoms with van der Waals surface area (Å²) < 4.78 is 5.62. The molecule has 2 rings (SSSR count). The van der Waals surface area contributed by atoms with E-state index in [0.717, 1.165) is 24.4 Å². The monoisotopic (exact) mass is 263 g/mol. The molecule has 1 fully saturated rings. The van der Waals surface area contributed by atoms with Crippen LogP contribution in [-0.4, -0.2) is 31.6 Å². The largest absolute Gasteiger partial charge is 0.493 e. The predicted molar refractivity (Wildman–Crippen MR) is 76.5 cm³/mol. The number of ether oxygens (including phenoxy) is 1. The van der Waals surface area contributed by atoms with Crippen molar-refractivity contribution in [2.24, 2.45) is 0 Å². The highest BCUT2D eigenvalue weighted by Crippen LogP contribution is 2.27. The molecule has 0 radical (unpaired) electrons. The Hall–Kier alpha value is -1.91. The third kappa shape index (κ3) is 3.10. The van der Waals surface area contributed by atoms with Gasteiger partial charge in [-0.25, -0.2) is 0 Å². The van der Waals surface area contributed by atoms with E-state index in [1.165, 1.54) is 0 Å². The van der Waals surface area contributed by atoms with Gasteiger partial charge in [0.2, 0.25) is 5.91 Å². The van der Waals surface area contributed by atoms with E-state index < -0.39 is 0 Å². The highest BCUT2D eigenvalue weighted by atomic mass is 16.5. The van der Waals surface area contributed by atoms with Gasteiger partial charge in [-0.1, -0.05) is 6.92 Å². The summed E-state index contributed by atoms with van der Waals surface area (Å²) >= 11 is 0. The molecule has 0 spiro atoms.